The number of aromatic nitrogens is 4. The third-order valence-electron chi connectivity index (χ3n) is 3.40. The second-order valence-corrected chi connectivity index (χ2v) is 4.99. The van der Waals surface area contributed by atoms with E-state index in [1.54, 1.807) is 30.4 Å². The van der Waals surface area contributed by atoms with Gasteiger partial charge in [-0.25, -0.2) is 9.97 Å². The van der Waals surface area contributed by atoms with E-state index in [0.29, 0.717) is 31.5 Å². The van der Waals surface area contributed by atoms with E-state index in [4.69, 9.17) is 14.6 Å². The molecule has 0 aliphatic heterocycles. The van der Waals surface area contributed by atoms with Gasteiger partial charge in [0.2, 0.25) is 5.95 Å². The van der Waals surface area contributed by atoms with Gasteiger partial charge in [0.05, 0.1) is 32.4 Å². The second-order valence-electron chi connectivity index (χ2n) is 4.99. The van der Waals surface area contributed by atoms with Crippen LogP contribution < -0.4 is 10.1 Å². The van der Waals surface area contributed by atoms with E-state index in [2.05, 4.69) is 20.3 Å². The number of benzene rings is 1. The van der Waals surface area contributed by atoms with Crippen LogP contribution in [0.4, 0.5) is 5.82 Å². The smallest absolute Gasteiger partial charge is 0.237 e. The molecular weight excluding hydrogens is 381 g/mol. The average Bonchev–Trinajstić information content (AvgIpc) is 3.15. The van der Waals surface area contributed by atoms with E-state index in [1.165, 1.54) is 0 Å². The molecule has 26 heavy (non-hydrogen) atoms. The average molecular weight is 402 g/mol. The predicted octanol–water partition coefficient (Wildman–Crippen LogP) is 2.09. The van der Waals surface area contributed by atoms with Gasteiger partial charge in [0.15, 0.2) is 0 Å². The molecule has 0 fully saturated rings. The maximum atomic E-state index is 8.74. The van der Waals surface area contributed by atoms with Crippen LogP contribution in [0.15, 0.2) is 36.9 Å². The molecule has 0 bridgehead atoms. The van der Waals surface area contributed by atoms with E-state index in [-0.39, 0.29) is 31.4 Å². The van der Waals surface area contributed by atoms with E-state index in [1.807, 2.05) is 18.2 Å². The largest absolute Gasteiger partial charge is 0.497 e. The zero-order valence-electron chi connectivity index (χ0n) is 14.2. The predicted molar refractivity (Wildman–Crippen MR) is 104 cm³/mol. The summed E-state index contributed by atoms with van der Waals surface area (Å²) in [6.07, 6.45) is 5.12. The van der Waals surface area contributed by atoms with Crippen LogP contribution in [0.3, 0.4) is 0 Å². The first kappa shape index (κ1) is 21.9. The van der Waals surface area contributed by atoms with Crippen LogP contribution in [0, 0.1) is 0 Å². The maximum Gasteiger partial charge on any atom is 0.237 e. The Kier molecular flexibility index (Phi) is 9.08. The first-order valence-corrected chi connectivity index (χ1v) is 7.58. The minimum Gasteiger partial charge on any atom is -0.497 e. The fraction of sp³-hybridized carbons (Fsp3) is 0.312. The topological polar surface area (TPSA) is 94.3 Å². The highest BCUT2D eigenvalue weighted by Crippen LogP contribution is 2.25. The van der Waals surface area contributed by atoms with Crippen LogP contribution >= 0.6 is 24.8 Å². The molecule has 8 nitrogen and oxygen atoms in total. The number of hydrogen-bond acceptors (Lipinski definition) is 7. The molecule has 3 aromatic rings. The van der Waals surface area contributed by atoms with E-state index >= 15 is 0 Å². The van der Waals surface area contributed by atoms with Gasteiger partial charge in [0.1, 0.15) is 17.9 Å². The Hall–Kier alpha value is -2.13. The number of aliphatic hydroxyl groups excluding tert-OH is 1. The van der Waals surface area contributed by atoms with Crippen LogP contribution in [0.5, 0.6) is 5.75 Å². The molecule has 0 amide bonds. The molecule has 1 aromatic carbocycles. The summed E-state index contributed by atoms with van der Waals surface area (Å²) < 4.78 is 12.3. The molecule has 0 atom stereocenters. The number of aliphatic hydroxyl groups is 1. The Morgan fingerprint density at radius 3 is 2.73 bits per heavy atom. The van der Waals surface area contributed by atoms with Gasteiger partial charge in [-0.15, -0.1) is 24.8 Å². The second kappa shape index (κ2) is 10.8. The Balaban J connectivity index is 0.00000169. The lowest BCUT2D eigenvalue weighted by atomic mass is 10.2. The number of imidazole rings is 1. The van der Waals surface area contributed by atoms with E-state index < -0.39 is 0 Å². The number of methoxy groups -OCH3 is 1. The van der Waals surface area contributed by atoms with Gasteiger partial charge in [0, 0.05) is 24.3 Å². The van der Waals surface area contributed by atoms with Gasteiger partial charge in [-0.2, -0.15) is 4.98 Å². The molecule has 2 N–H and O–H groups in total. The van der Waals surface area contributed by atoms with Crippen LogP contribution in [0.25, 0.3) is 16.9 Å². The molecule has 0 aliphatic rings. The third kappa shape index (κ3) is 5.18. The maximum absolute atomic E-state index is 8.74. The normalized spacial score (nSPS) is 10.1. The number of hydrogen-bond donors (Lipinski definition) is 2. The highest BCUT2D eigenvalue weighted by molar-refractivity contribution is 5.90. The lowest BCUT2D eigenvalue weighted by Crippen LogP contribution is -2.13. The zero-order chi connectivity index (χ0) is 16.8. The van der Waals surface area contributed by atoms with Gasteiger partial charge in [0.25, 0.3) is 0 Å². The number of anilines is 1. The van der Waals surface area contributed by atoms with E-state index in [0.717, 1.165) is 16.7 Å². The summed E-state index contributed by atoms with van der Waals surface area (Å²) in [5.41, 5.74) is 0.799. The van der Waals surface area contributed by atoms with Crippen molar-refractivity contribution in [1.82, 2.24) is 19.5 Å². The van der Waals surface area contributed by atoms with Gasteiger partial charge in [-0.05, 0) is 18.2 Å². The molecule has 0 spiro atoms. The number of rotatable bonds is 8. The first-order chi connectivity index (χ1) is 11.8. The fourth-order valence-electron chi connectivity index (χ4n) is 2.26. The van der Waals surface area contributed by atoms with Crippen molar-refractivity contribution in [3.05, 3.63) is 36.9 Å². The summed E-state index contributed by atoms with van der Waals surface area (Å²) in [6.45, 7) is 1.36. The van der Waals surface area contributed by atoms with Crippen molar-refractivity contribution >= 4 is 41.5 Å². The highest BCUT2D eigenvalue weighted by Gasteiger charge is 2.10. The molecule has 0 unspecified atom stereocenters. The van der Waals surface area contributed by atoms with Crippen LogP contribution in [-0.2, 0) is 4.74 Å². The number of nitrogens with zero attached hydrogens (tertiary/aromatic N) is 4. The van der Waals surface area contributed by atoms with Crippen molar-refractivity contribution in [2.24, 2.45) is 0 Å². The van der Waals surface area contributed by atoms with Crippen molar-refractivity contribution in [3.63, 3.8) is 0 Å². The Morgan fingerprint density at radius 1 is 1.19 bits per heavy atom. The van der Waals surface area contributed by atoms with Crippen LogP contribution in [0.1, 0.15) is 0 Å². The van der Waals surface area contributed by atoms with Crippen molar-refractivity contribution in [1.29, 1.82) is 0 Å². The molecule has 0 saturated heterocycles. The summed E-state index contributed by atoms with van der Waals surface area (Å²) in [5.74, 6) is 1.96. The molecule has 3 rings (SSSR count). The summed E-state index contributed by atoms with van der Waals surface area (Å²) in [5, 5.41) is 12.8. The molecule has 2 aromatic heterocycles. The quantitative estimate of drug-likeness (QED) is 0.557. The minimum atomic E-state index is 0. The monoisotopic (exact) mass is 401 g/mol. The highest BCUT2D eigenvalue weighted by atomic mass is 35.5. The molecular formula is C16H21Cl2N5O3. The zero-order valence-corrected chi connectivity index (χ0v) is 15.8. The van der Waals surface area contributed by atoms with Crippen molar-refractivity contribution in [3.8, 4) is 11.7 Å². The summed E-state index contributed by atoms with van der Waals surface area (Å²) in [7, 11) is 1.62. The van der Waals surface area contributed by atoms with Crippen molar-refractivity contribution in [2.45, 2.75) is 0 Å². The number of halogens is 2. The van der Waals surface area contributed by atoms with E-state index in [9.17, 15) is 0 Å². The lowest BCUT2D eigenvalue weighted by Gasteiger charge is -2.12. The minimum absolute atomic E-state index is 0. The fourth-order valence-corrected chi connectivity index (χ4v) is 2.26. The Morgan fingerprint density at radius 2 is 2.04 bits per heavy atom. The standard InChI is InChI=1S/C16H19N5O3.2ClH/c1-23-12-2-3-14-13(10-12)15(18-5-8-24-9-7-22)20-16(19-14)21-6-4-17-11-21;;/h2-4,6,10-11,22H,5,7-9H2,1H3,(H,18,19,20);2*1H. The molecule has 0 saturated carbocycles. The summed E-state index contributed by atoms with van der Waals surface area (Å²) in [4.78, 5) is 13.2. The molecule has 10 heteroatoms. The van der Waals surface area contributed by atoms with Crippen molar-refractivity contribution < 1.29 is 14.6 Å². The van der Waals surface area contributed by atoms with Gasteiger partial charge >= 0.3 is 0 Å². The number of ether oxygens (including phenoxy) is 2. The van der Waals surface area contributed by atoms with Gasteiger partial charge < -0.3 is 19.9 Å². The molecule has 0 radical (unpaired) electrons. The van der Waals surface area contributed by atoms with Gasteiger partial charge in [-0.3, -0.25) is 4.57 Å². The first-order valence-electron chi connectivity index (χ1n) is 7.58. The number of fused-ring (bicyclic) bond motifs is 1. The molecule has 0 aliphatic carbocycles. The summed E-state index contributed by atoms with van der Waals surface area (Å²) >= 11 is 0. The third-order valence-corrected chi connectivity index (χ3v) is 3.40. The SMILES string of the molecule is COc1ccc2nc(-n3ccnc3)nc(NCCOCCO)c2c1.Cl.Cl. The Labute approximate surface area is 163 Å². The molecule has 142 valence electrons. The van der Waals surface area contributed by atoms with Crippen molar-refractivity contribution in [2.75, 3.05) is 38.8 Å². The Bertz CT molecular complexity index is 802. The molecule has 2 heterocycles. The van der Waals surface area contributed by atoms with Crippen LogP contribution in [0.2, 0.25) is 0 Å². The van der Waals surface area contributed by atoms with Crippen LogP contribution in [-0.4, -0.2) is 58.1 Å². The van der Waals surface area contributed by atoms with Gasteiger partial charge in [-0.1, -0.05) is 0 Å². The summed E-state index contributed by atoms with van der Waals surface area (Å²) in [6, 6.07) is 5.65. The number of nitrogens with one attached hydrogen (secondary N) is 1. The lowest BCUT2D eigenvalue weighted by molar-refractivity contribution is 0.0992.